The van der Waals surface area contributed by atoms with Crippen LogP contribution in [0.3, 0.4) is 0 Å². The summed E-state index contributed by atoms with van der Waals surface area (Å²) in [6.45, 7) is 6.98. The minimum Gasteiger partial charge on any atom is -0.336 e. The number of carbonyl (C=O) groups is 1. The highest BCUT2D eigenvalue weighted by Gasteiger charge is 2.29. The average Bonchev–Trinajstić information content (AvgIpc) is 3.18. The van der Waals surface area contributed by atoms with E-state index in [1.165, 1.54) is 4.88 Å². The number of halogens is 1. The van der Waals surface area contributed by atoms with E-state index >= 15 is 0 Å². The molecule has 0 spiro atoms. The van der Waals surface area contributed by atoms with Gasteiger partial charge in [0.2, 0.25) is 10.0 Å². The van der Waals surface area contributed by atoms with Gasteiger partial charge in [0, 0.05) is 56.3 Å². The number of rotatable bonds is 5. The van der Waals surface area contributed by atoms with E-state index in [2.05, 4.69) is 11.8 Å². The molecular weight excluding hydrogens is 454 g/mol. The molecule has 0 aliphatic carbocycles. The number of benzene rings is 1. The van der Waals surface area contributed by atoms with Crippen LogP contribution in [0, 0.1) is 5.92 Å². The number of sulfonamides is 1. The van der Waals surface area contributed by atoms with Gasteiger partial charge in [0.05, 0.1) is 9.23 Å². The molecule has 1 aromatic carbocycles. The largest absolute Gasteiger partial charge is 0.336 e. The molecule has 2 aliphatic heterocycles. The van der Waals surface area contributed by atoms with Crippen LogP contribution in [-0.4, -0.2) is 67.7 Å². The zero-order valence-corrected chi connectivity index (χ0v) is 20.1. The lowest BCUT2D eigenvalue weighted by molar-refractivity contribution is 0.0629. The van der Waals surface area contributed by atoms with Gasteiger partial charge in [-0.05, 0) is 55.2 Å². The van der Waals surface area contributed by atoms with E-state index in [0.29, 0.717) is 37.7 Å². The number of carbonyl (C=O) groups excluding carboxylic acids is 1. The molecule has 2 aliphatic rings. The van der Waals surface area contributed by atoms with Gasteiger partial charge in [-0.25, -0.2) is 8.42 Å². The topological polar surface area (TPSA) is 60.9 Å². The van der Waals surface area contributed by atoms with Crippen LogP contribution >= 0.6 is 22.9 Å². The average molecular weight is 482 g/mol. The molecular formula is C22H28ClN3O3S2. The van der Waals surface area contributed by atoms with Crippen molar-refractivity contribution >= 4 is 38.9 Å². The first-order chi connectivity index (χ1) is 14.8. The molecule has 0 bridgehead atoms. The molecule has 0 saturated carbocycles. The van der Waals surface area contributed by atoms with E-state index in [4.69, 9.17) is 11.6 Å². The van der Waals surface area contributed by atoms with Crippen LogP contribution in [0.5, 0.6) is 0 Å². The van der Waals surface area contributed by atoms with E-state index in [-0.39, 0.29) is 10.8 Å². The Morgan fingerprint density at radius 1 is 1.06 bits per heavy atom. The fraction of sp³-hybridized carbons (Fsp3) is 0.500. The highest BCUT2D eigenvalue weighted by atomic mass is 35.5. The number of hydrogen-bond acceptors (Lipinski definition) is 5. The Morgan fingerprint density at radius 2 is 1.77 bits per heavy atom. The first kappa shape index (κ1) is 22.7. The fourth-order valence-electron chi connectivity index (χ4n) is 4.23. The summed E-state index contributed by atoms with van der Waals surface area (Å²) in [6, 6.07) is 10.4. The van der Waals surface area contributed by atoms with Crippen molar-refractivity contribution in [3.8, 4) is 0 Å². The van der Waals surface area contributed by atoms with E-state index in [1.54, 1.807) is 39.9 Å². The molecule has 1 amide bonds. The summed E-state index contributed by atoms with van der Waals surface area (Å²) in [5, 5.41) is 0. The summed E-state index contributed by atoms with van der Waals surface area (Å²) < 4.78 is 28.2. The number of amides is 1. The second-order valence-electron chi connectivity index (χ2n) is 8.41. The molecule has 4 rings (SSSR count). The molecule has 9 heteroatoms. The van der Waals surface area contributed by atoms with Gasteiger partial charge >= 0.3 is 0 Å². The summed E-state index contributed by atoms with van der Waals surface area (Å²) in [4.78, 5) is 18.6. The second-order valence-corrected chi connectivity index (χ2v) is 12.1. The molecule has 6 nitrogen and oxygen atoms in total. The summed E-state index contributed by atoms with van der Waals surface area (Å²) in [5.41, 5.74) is 0.532. The Labute approximate surface area is 193 Å². The van der Waals surface area contributed by atoms with Gasteiger partial charge < -0.3 is 4.90 Å². The van der Waals surface area contributed by atoms with Gasteiger partial charge in [-0.1, -0.05) is 18.5 Å². The van der Waals surface area contributed by atoms with Crippen LogP contribution in [-0.2, 0) is 16.6 Å². The smallest absolute Gasteiger partial charge is 0.253 e. The molecule has 3 heterocycles. The molecule has 2 aromatic rings. The molecule has 168 valence electrons. The maximum absolute atomic E-state index is 12.9. The lowest BCUT2D eigenvalue weighted by Gasteiger charge is -2.34. The molecule has 2 fully saturated rings. The van der Waals surface area contributed by atoms with Crippen LogP contribution in [0.2, 0.25) is 4.34 Å². The molecule has 1 atom stereocenters. The first-order valence-electron chi connectivity index (χ1n) is 10.7. The van der Waals surface area contributed by atoms with Crippen molar-refractivity contribution in [1.29, 1.82) is 0 Å². The van der Waals surface area contributed by atoms with Crippen LogP contribution in [0.15, 0.2) is 41.3 Å². The Hall–Kier alpha value is -1.45. The quantitative estimate of drug-likeness (QED) is 0.652. The predicted molar refractivity (Wildman–Crippen MR) is 124 cm³/mol. The van der Waals surface area contributed by atoms with Gasteiger partial charge in [0.25, 0.3) is 5.91 Å². The predicted octanol–water partition coefficient (Wildman–Crippen LogP) is 3.78. The van der Waals surface area contributed by atoms with Crippen molar-refractivity contribution < 1.29 is 13.2 Å². The normalized spacial score (nSPS) is 21.4. The third-order valence-corrected chi connectivity index (χ3v) is 9.12. The van der Waals surface area contributed by atoms with Crippen molar-refractivity contribution in [2.75, 3.05) is 39.3 Å². The highest BCUT2D eigenvalue weighted by molar-refractivity contribution is 7.89. The monoisotopic (exact) mass is 481 g/mol. The van der Waals surface area contributed by atoms with E-state index in [0.717, 1.165) is 36.8 Å². The molecule has 2 saturated heterocycles. The number of piperidine rings is 1. The third-order valence-electron chi connectivity index (χ3n) is 6.03. The molecule has 31 heavy (non-hydrogen) atoms. The zero-order valence-electron chi connectivity index (χ0n) is 17.7. The summed E-state index contributed by atoms with van der Waals surface area (Å²) >= 11 is 7.60. The number of thiophene rings is 1. The Bertz CT molecular complexity index is 1010. The van der Waals surface area contributed by atoms with Crippen molar-refractivity contribution in [3.63, 3.8) is 0 Å². The van der Waals surface area contributed by atoms with E-state index in [1.807, 2.05) is 17.0 Å². The lowest BCUT2D eigenvalue weighted by Crippen LogP contribution is -2.48. The number of hydrogen-bond donors (Lipinski definition) is 0. The van der Waals surface area contributed by atoms with Crippen LogP contribution in [0.1, 0.15) is 35.0 Å². The van der Waals surface area contributed by atoms with Crippen LogP contribution in [0.25, 0.3) is 0 Å². The van der Waals surface area contributed by atoms with Gasteiger partial charge in [0.1, 0.15) is 0 Å². The minimum atomic E-state index is -3.50. The number of piperazine rings is 1. The Morgan fingerprint density at radius 3 is 2.39 bits per heavy atom. The molecule has 0 unspecified atom stereocenters. The van der Waals surface area contributed by atoms with Gasteiger partial charge in [-0.15, -0.1) is 11.3 Å². The number of nitrogens with zero attached hydrogens (tertiary/aromatic N) is 3. The summed E-state index contributed by atoms with van der Waals surface area (Å²) in [7, 11) is -3.50. The maximum Gasteiger partial charge on any atom is 0.253 e. The van der Waals surface area contributed by atoms with Crippen LogP contribution < -0.4 is 0 Å². The third kappa shape index (κ3) is 5.31. The van der Waals surface area contributed by atoms with Gasteiger partial charge in [-0.3, -0.25) is 9.69 Å². The van der Waals surface area contributed by atoms with E-state index < -0.39 is 10.0 Å². The minimum absolute atomic E-state index is 0.0469. The van der Waals surface area contributed by atoms with Crippen molar-refractivity contribution in [2.24, 2.45) is 5.92 Å². The first-order valence-corrected chi connectivity index (χ1v) is 13.3. The Balaban J connectivity index is 1.35. The van der Waals surface area contributed by atoms with Crippen molar-refractivity contribution in [2.45, 2.75) is 31.2 Å². The molecule has 0 radical (unpaired) electrons. The van der Waals surface area contributed by atoms with Crippen molar-refractivity contribution in [3.05, 3.63) is 51.2 Å². The summed E-state index contributed by atoms with van der Waals surface area (Å²) in [6.07, 6.45) is 1.95. The fourth-order valence-corrected chi connectivity index (χ4v) is 6.96. The van der Waals surface area contributed by atoms with Gasteiger partial charge in [0.15, 0.2) is 0 Å². The molecule has 0 N–H and O–H groups in total. The molecule has 1 aromatic heterocycles. The highest BCUT2D eigenvalue weighted by Crippen LogP contribution is 2.25. The summed E-state index contributed by atoms with van der Waals surface area (Å²) in [5.74, 6) is 0.328. The maximum atomic E-state index is 12.9. The van der Waals surface area contributed by atoms with E-state index in [9.17, 15) is 13.2 Å². The van der Waals surface area contributed by atoms with Crippen LogP contribution in [0.4, 0.5) is 0 Å². The zero-order chi connectivity index (χ0) is 22.0. The van der Waals surface area contributed by atoms with Crippen molar-refractivity contribution in [1.82, 2.24) is 14.1 Å². The SMILES string of the molecule is C[C@H]1CCCN(S(=O)(=O)c2ccc(C(=O)N3CCN(Cc4ccc(Cl)s4)CC3)cc2)C1. The second kappa shape index (κ2) is 9.58. The lowest BCUT2D eigenvalue weighted by atomic mass is 10.0. The van der Waals surface area contributed by atoms with Gasteiger partial charge in [-0.2, -0.15) is 4.31 Å². The Kier molecular flexibility index (Phi) is 7.03. The standard InChI is InChI=1S/C22H28ClN3O3S2/c1-17-3-2-10-26(15-17)31(28,29)20-7-4-18(5-8-20)22(27)25-13-11-24(12-14-25)16-19-6-9-21(23)30-19/h4-9,17H,2-3,10-16H2,1H3/t17-/m0/s1.